The third kappa shape index (κ3) is 4.33. The van der Waals surface area contributed by atoms with Crippen molar-refractivity contribution in [2.75, 3.05) is 6.79 Å². The molecule has 3 N–H and O–H groups in total. The number of hydrogen-bond donors (Lipinski definition) is 2. The Labute approximate surface area is 152 Å². The maximum Gasteiger partial charge on any atom is 0.238 e. The maximum atomic E-state index is 12.2. The number of amides is 1. The van der Waals surface area contributed by atoms with Gasteiger partial charge in [0.15, 0.2) is 11.5 Å². The molecule has 0 spiro atoms. The molecule has 0 aliphatic carbocycles. The number of benzene rings is 2. The summed E-state index contributed by atoms with van der Waals surface area (Å²) in [6.45, 7) is 2.06. The number of ether oxygens (including phenoxy) is 2. The number of primary sulfonamides is 1. The smallest absolute Gasteiger partial charge is 0.238 e. The molecule has 3 rings (SSSR count). The third-order valence-electron chi connectivity index (χ3n) is 4.16. The average Bonchev–Trinajstić information content (AvgIpc) is 3.07. The Morgan fingerprint density at radius 1 is 1.15 bits per heavy atom. The first-order valence-corrected chi connectivity index (χ1v) is 9.68. The van der Waals surface area contributed by atoms with E-state index >= 15 is 0 Å². The van der Waals surface area contributed by atoms with E-state index in [0.29, 0.717) is 18.6 Å². The summed E-state index contributed by atoms with van der Waals surface area (Å²) in [5.74, 6) is 1.33. The molecule has 26 heavy (non-hydrogen) atoms. The minimum Gasteiger partial charge on any atom is -0.454 e. The summed E-state index contributed by atoms with van der Waals surface area (Å²) in [5.41, 5.74) is 1.79. The molecule has 138 valence electrons. The summed E-state index contributed by atoms with van der Waals surface area (Å²) in [4.78, 5) is 12.2. The molecule has 1 atom stereocenters. The van der Waals surface area contributed by atoms with Gasteiger partial charge in [0, 0.05) is 6.42 Å². The lowest BCUT2D eigenvalue weighted by atomic mass is 10.1. The lowest BCUT2D eigenvalue weighted by Crippen LogP contribution is -2.26. The number of nitrogens with two attached hydrogens (primary N) is 1. The van der Waals surface area contributed by atoms with Gasteiger partial charge in [-0.3, -0.25) is 4.79 Å². The summed E-state index contributed by atoms with van der Waals surface area (Å²) in [7, 11) is -3.72. The molecule has 0 aromatic heterocycles. The highest BCUT2D eigenvalue weighted by Gasteiger charge is 2.15. The Kier molecular flexibility index (Phi) is 5.15. The van der Waals surface area contributed by atoms with Crippen LogP contribution in [0.4, 0.5) is 0 Å². The highest BCUT2D eigenvalue weighted by Crippen LogP contribution is 2.32. The van der Waals surface area contributed by atoms with Crippen LogP contribution in [0.3, 0.4) is 0 Å². The number of nitrogens with one attached hydrogen (secondary N) is 1. The topological polar surface area (TPSA) is 108 Å². The van der Waals surface area contributed by atoms with Crippen LogP contribution in [-0.2, 0) is 21.2 Å². The van der Waals surface area contributed by atoms with Crippen LogP contribution in [-0.4, -0.2) is 21.1 Å². The van der Waals surface area contributed by atoms with Crippen LogP contribution in [0.5, 0.6) is 11.5 Å². The summed E-state index contributed by atoms with van der Waals surface area (Å²) in [5, 5.41) is 7.98. The van der Waals surface area contributed by atoms with E-state index in [1.807, 2.05) is 25.1 Å². The predicted octanol–water partition coefficient (Wildman–Crippen LogP) is 1.87. The molecule has 2 aromatic rings. The van der Waals surface area contributed by atoms with Crippen molar-refractivity contribution < 1.29 is 22.7 Å². The number of carbonyl (C=O) groups is 1. The monoisotopic (exact) mass is 376 g/mol. The second kappa shape index (κ2) is 7.35. The number of sulfonamides is 1. The van der Waals surface area contributed by atoms with E-state index in [9.17, 15) is 13.2 Å². The summed E-state index contributed by atoms with van der Waals surface area (Å²) >= 11 is 0. The first-order chi connectivity index (χ1) is 12.3. The number of carbonyl (C=O) groups excluding carboxylic acids is 1. The van der Waals surface area contributed by atoms with Crippen LogP contribution in [0.25, 0.3) is 0 Å². The average molecular weight is 376 g/mol. The molecule has 0 bridgehead atoms. The Morgan fingerprint density at radius 2 is 1.85 bits per heavy atom. The van der Waals surface area contributed by atoms with Crippen LogP contribution in [0, 0.1) is 0 Å². The van der Waals surface area contributed by atoms with Gasteiger partial charge in [-0.25, -0.2) is 13.6 Å². The van der Waals surface area contributed by atoms with Gasteiger partial charge >= 0.3 is 0 Å². The molecule has 7 nitrogen and oxygen atoms in total. The molecule has 1 heterocycles. The fourth-order valence-electron chi connectivity index (χ4n) is 2.70. The molecule has 0 saturated heterocycles. The Balaban J connectivity index is 1.54. The highest BCUT2D eigenvalue weighted by atomic mass is 32.2. The number of fused-ring (bicyclic) bond motifs is 1. The van der Waals surface area contributed by atoms with Gasteiger partial charge < -0.3 is 14.8 Å². The van der Waals surface area contributed by atoms with Crippen molar-refractivity contribution in [3.8, 4) is 11.5 Å². The van der Waals surface area contributed by atoms with Crippen molar-refractivity contribution in [3.05, 3.63) is 53.6 Å². The molecular formula is C18H20N2O5S. The minimum absolute atomic E-state index is 0.0441. The predicted molar refractivity (Wildman–Crippen MR) is 95.3 cm³/mol. The SMILES string of the molecule is CC(NC(=O)CCc1ccc2c(c1)OCO2)c1ccc(S(N)(=O)=O)cc1. The molecule has 8 heteroatoms. The lowest BCUT2D eigenvalue weighted by Gasteiger charge is -2.15. The first kappa shape index (κ1) is 18.2. The molecule has 1 aliphatic rings. The van der Waals surface area contributed by atoms with Crippen LogP contribution in [0.2, 0.25) is 0 Å². The molecule has 0 radical (unpaired) electrons. The Hall–Kier alpha value is -2.58. The zero-order valence-electron chi connectivity index (χ0n) is 14.3. The fourth-order valence-corrected chi connectivity index (χ4v) is 3.21. The first-order valence-electron chi connectivity index (χ1n) is 8.13. The molecule has 1 amide bonds. The van der Waals surface area contributed by atoms with Gasteiger partial charge in [-0.15, -0.1) is 0 Å². The van der Waals surface area contributed by atoms with Crippen LogP contribution in [0.15, 0.2) is 47.4 Å². The molecule has 1 unspecified atom stereocenters. The van der Waals surface area contributed by atoms with Gasteiger partial charge in [-0.2, -0.15) is 0 Å². The summed E-state index contributed by atoms with van der Waals surface area (Å²) < 4.78 is 33.1. The normalized spacial score (nSPS) is 14.1. The third-order valence-corrected chi connectivity index (χ3v) is 5.09. The second-order valence-corrected chi connectivity index (χ2v) is 7.65. The van der Waals surface area contributed by atoms with Crippen LogP contribution >= 0.6 is 0 Å². The van der Waals surface area contributed by atoms with Gasteiger partial charge in [0.05, 0.1) is 10.9 Å². The van der Waals surface area contributed by atoms with E-state index in [2.05, 4.69) is 5.32 Å². The summed E-state index contributed by atoms with van der Waals surface area (Å²) in [6, 6.07) is 11.5. The quantitative estimate of drug-likeness (QED) is 0.800. The molecule has 1 aliphatic heterocycles. The van der Waals surface area contributed by atoms with Gasteiger partial charge in [0.25, 0.3) is 0 Å². The molecule has 0 fully saturated rings. The zero-order chi connectivity index (χ0) is 18.7. The van der Waals surface area contributed by atoms with Crippen molar-refractivity contribution in [1.29, 1.82) is 0 Å². The largest absolute Gasteiger partial charge is 0.454 e. The Morgan fingerprint density at radius 3 is 2.54 bits per heavy atom. The van der Waals surface area contributed by atoms with E-state index in [4.69, 9.17) is 14.6 Å². The molecule has 2 aromatic carbocycles. The van der Waals surface area contributed by atoms with Crippen molar-refractivity contribution in [3.63, 3.8) is 0 Å². The standard InChI is InChI=1S/C18H20N2O5S/c1-12(14-4-6-15(7-5-14)26(19,22)23)20-18(21)9-3-13-2-8-16-17(10-13)25-11-24-16/h2,4-8,10,12H,3,9,11H2,1H3,(H,20,21)(H2,19,22,23). The van der Waals surface area contributed by atoms with E-state index in [1.165, 1.54) is 12.1 Å². The van der Waals surface area contributed by atoms with Crippen LogP contribution in [0.1, 0.15) is 30.5 Å². The van der Waals surface area contributed by atoms with E-state index in [-0.39, 0.29) is 23.6 Å². The van der Waals surface area contributed by atoms with E-state index < -0.39 is 10.0 Å². The van der Waals surface area contributed by atoms with Crippen molar-refractivity contribution in [2.24, 2.45) is 5.14 Å². The highest BCUT2D eigenvalue weighted by molar-refractivity contribution is 7.89. The van der Waals surface area contributed by atoms with Crippen LogP contribution < -0.4 is 19.9 Å². The minimum atomic E-state index is -3.72. The number of rotatable bonds is 6. The van der Waals surface area contributed by atoms with E-state index in [1.54, 1.807) is 12.1 Å². The van der Waals surface area contributed by atoms with Gasteiger partial charge in [-0.05, 0) is 48.7 Å². The van der Waals surface area contributed by atoms with Gasteiger partial charge in [0.2, 0.25) is 22.7 Å². The van der Waals surface area contributed by atoms with Crippen molar-refractivity contribution in [1.82, 2.24) is 5.32 Å². The van der Waals surface area contributed by atoms with Gasteiger partial charge in [-0.1, -0.05) is 18.2 Å². The van der Waals surface area contributed by atoms with E-state index in [0.717, 1.165) is 16.9 Å². The van der Waals surface area contributed by atoms with Crippen molar-refractivity contribution >= 4 is 15.9 Å². The molecule has 0 saturated carbocycles. The Bertz CT molecular complexity index is 910. The summed E-state index contributed by atoms with van der Waals surface area (Å²) in [6.07, 6.45) is 0.915. The molecular weight excluding hydrogens is 356 g/mol. The zero-order valence-corrected chi connectivity index (χ0v) is 15.1. The second-order valence-electron chi connectivity index (χ2n) is 6.09. The maximum absolute atomic E-state index is 12.2. The number of hydrogen-bond acceptors (Lipinski definition) is 5. The lowest BCUT2D eigenvalue weighted by molar-refractivity contribution is -0.121. The fraction of sp³-hybridized carbons (Fsp3) is 0.278. The van der Waals surface area contributed by atoms with Gasteiger partial charge in [0.1, 0.15) is 0 Å². The number of aryl methyl sites for hydroxylation is 1. The van der Waals surface area contributed by atoms with Crippen molar-refractivity contribution in [2.45, 2.75) is 30.7 Å².